The van der Waals surface area contributed by atoms with Crippen LogP contribution in [0.15, 0.2) is 22.7 Å². The zero-order chi connectivity index (χ0) is 15.1. The van der Waals surface area contributed by atoms with Crippen LogP contribution in [0.1, 0.15) is 5.56 Å². The van der Waals surface area contributed by atoms with Gasteiger partial charge in [-0.2, -0.15) is 0 Å². The van der Waals surface area contributed by atoms with Gasteiger partial charge in [-0.15, -0.1) is 0 Å². The predicted octanol–water partition coefficient (Wildman–Crippen LogP) is 0.168. The van der Waals surface area contributed by atoms with Gasteiger partial charge in [-0.3, -0.25) is 4.79 Å². The second-order valence-corrected chi connectivity index (χ2v) is 6.02. The van der Waals surface area contributed by atoms with E-state index in [1.807, 2.05) is 25.1 Å². The minimum atomic E-state index is -0.0803. The molecule has 1 aromatic carbocycles. The number of ether oxygens (including phenoxy) is 2. The molecule has 1 amide bonds. The van der Waals surface area contributed by atoms with Crippen LogP contribution in [0.5, 0.6) is 5.75 Å². The molecule has 0 aromatic heterocycles. The van der Waals surface area contributed by atoms with Crippen LogP contribution >= 0.6 is 15.9 Å². The molecule has 1 heterocycles. The van der Waals surface area contributed by atoms with Gasteiger partial charge in [0.15, 0.2) is 6.61 Å². The zero-order valence-electron chi connectivity index (χ0n) is 12.3. The van der Waals surface area contributed by atoms with Gasteiger partial charge in [0.05, 0.1) is 26.3 Å². The molecule has 0 atom stereocenters. The number of rotatable bonds is 6. The highest BCUT2D eigenvalue weighted by Crippen LogP contribution is 2.21. The third-order valence-corrected chi connectivity index (χ3v) is 4.39. The molecule has 5 nitrogen and oxygen atoms in total. The Balaban J connectivity index is 1.63. The van der Waals surface area contributed by atoms with E-state index in [-0.39, 0.29) is 12.5 Å². The smallest absolute Gasteiger partial charge is 0.258 e. The van der Waals surface area contributed by atoms with Crippen molar-refractivity contribution in [1.82, 2.24) is 5.32 Å². The Kier molecular flexibility index (Phi) is 6.48. The fourth-order valence-electron chi connectivity index (χ4n) is 2.20. The second-order valence-electron chi connectivity index (χ2n) is 5.16. The summed E-state index contributed by atoms with van der Waals surface area (Å²) >= 11 is 3.44. The van der Waals surface area contributed by atoms with Gasteiger partial charge in [0.1, 0.15) is 18.8 Å². The first-order valence-electron chi connectivity index (χ1n) is 7.22. The lowest BCUT2D eigenvalue weighted by molar-refractivity contribution is -0.906. The summed E-state index contributed by atoms with van der Waals surface area (Å²) in [6.07, 6.45) is 0. The number of morpholine rings is 1. The van der Waals surface area contributed by atoms with Crippen molar-refractivity contribution in [3.8, 4) is 5.75 Å². The van der Waals surface area contributed by atoms with Gasteiger partial charge < -0.3 is 19.7 Å². The summed E-state index contributed by atoms with van der Waals surface area (Å²) < 4.78 is 11.8. The van der Waals surface area contributed by atoms with Crippen LogP contribution < -0.4 is 15.0 Å². The zero-order valence-corrected chi connectivity index (χ0v) is 13.9. The molecule has 21 heavy (non-hydrogen) atoms. The molecule has 1 fully saturated rings. The molecule has 0 aliphatic carbocycles. The summed E-state index contributed by atoms with van der Waals surface area (Å²) in [4.78, 5) is 13.2. The van der Waals surface area contributed by atoms with Crippen molar-refractivity contribution in [3.63, 3.8) is 0 Å². The minimum absolute atomic E-state index is 0.0551. The summed E-state index contributed by atoms with van der Waals surface area (Å²) in [7, 11) is 0. The number of carbonyl (C=O) groups excluding carboxylic acids is 1. The number of hydrogen-bond acceptors (Lipinski definition) is 3. The maximum atomic E-state index is 11.7. The number of carbonyl (C=O) groups is 1. The highest BCUT2D eigenvalue weighted by Gasteiger charge is 2.13. The molecule has 0 bridgehead atoms. The van der Waals surface area contributed by atoms with E-state index < -0.39 is 0 Å². The van der Waals surface area contributed by atoms with Crippen molar-refractivity contribution in [2.24, 2.45) is 0 Å². The molecule has 0 saturated carbocycles. The maximum Gasteiger partial charge on any atom is 0.258 e. The van der Waals surface area contributed by atoms with Gasteiger partial charge in [-0.05, 0) is 30.7 Å². The van der Waals surface area contributed by atoms with Crippen LogP contribution in [0.3, 0.4) is 0 Å². The average Bonchev–Trinajstić information content (AvgIpc) is 2.49. The van der Waals surface area contributed by atoms with Crippen LogP contribution in [-0.2, 0) is 9.53 Å². The summed E-state index contributed by atoms with van der Waals surface area (Å²) in [6, 6.07) is 5.68. The molecule has 1 saturated heterocycles. The first-order valence-corrected chi connectivity index (χ1v) is 8.01. The van der Waals surface area contributed by atoms with Crippen LogP contribution in [0, 0.1) is 6.92 Å². The molecule has 1 aliphatic heterocycles. The minimum Gasteiger partial charge on any atom is -0.484 e. The fourth-order valence-corrected chi connectivity index (χ4v) is 2.44. The van der Waals surface area contributed by atoms with E-state index in [1.165, 1.54) is 4.90 Å². The molecule has 0 spiro atoms. The number of benzene rings is 1. The van der Waals surface area contributed by atoms with Crippen LogP contribution in [0.25, 0.3) is 0 Å². The lowest BCUT2D eigenvalue weighted by atomic mass is 10.2. The average molecular weight is 358 g/mol. The van der Waals surface area contributed by atoms with E-state index in [4.69, 9.17) is 9.47 Å². The quantitative estimate of drug-likeness (QED) is 0.762. The molecule has 2 N–H and O–H groups in total. The number of amides is 1. The molecule has 1 aliphatic rings. The largest absolute Gasteiger partial charge is 0.484 e. The second kappa shape index (κ2) is 8.36. The Bertz CT molecular complexity index is 476. The van der Waals surface area contributed by atoms with E-state index in [1.54, 1.807) is 0 Å². The summed E-state index contributed by atoms with van der Waals surface area (Å²) in [5, 5.41) is 2.89. The van der Waals surface area contributed by atoms with E-state index in [2.05, 4.69) is 21.2 Å². The molecule has 2 rings (SSSR count). The third kappa shape index (κ3) is 5.65. The molecular formula is C15H22BrN2O3+. The van der Waals surface area contributed by atoms with Crippen molar-refractivity contribution >= 4 is 21.8 Å². The number of aryl methyl sites for hydroxylation is 1. The number of nitrogens with one attached hydrogen (secondary N) is 2. The fraction of sp³-hybridized carbons (Fsp3) is 0.533. The number of halogens is 1. The Morgan fingerprint density at radius 2 is 2.19 bits per heavy atom. The van der Waals surface area contributed by atoms with Gasteiger partial charge in [0.25, 0.3) is 5.91 Å². The standard InChI is InChI=1S/C15H21BrN2O3/c1-12-10-13(2-3-14(12)16)21-11-15(19)17-4-5-18-6-8-20-9-7-18/h2-3,10H,4-9,11H2,1H3,(H,17,19)/p+1. The van der Waals surface area contributed by atoms with Gasteiger partial charge >= 0.3 is 0 Å². The summed E-state index contributed by atoms with van der Waals surface area (Å²) in [5.74, 6) is 0.632. The van der Waals surface area contributed by atoms with E-state index in [0.29, 0.717) is 12.3 Å². The summed E-state index contributed by atoms with van der Waals surface area (Å²) in [5.41, 5.74) is 1.09. The number of hydrogen-bond donors (Lipinski definition) is 2. The van der Waals surface area contributed by atoms with Crippen LogP contribution in [0.4, 0.5) is 0 Å². The molecule has 1 aromatic rings. The van der Waals surface area contributed by atoms with Crippen molar-refractivity contribution in [3.05, 3.63) is 28.2 Å². The van der Waals surface area contributed by atoms with E-state index in [0.717, 1.165) is 42.9 Å². The van der Waals surface area contributed by atoms with Gasteiger partial charge in [0, 0.05) is 4.47 Å². The lowest BCUT2D eigenvalue weighted by Gasteiger charge is -2.23. The Hall–Kier alpha value is -1.11. The highest BCUT2D eigenvalue weighted by atomic mass is 79.9. The summed E-state index contributed by atoms with van der Waals surface area (Å²) in [6.45, 7) is 7.32. The highest BCUT2D eigenvalue weighted by molar-refractivity contribution is 9.10. The van der Waals surface area contributed by atoms with Crippen LogP contribution in [0.2, 0.25) is 0 Å². The third-order valence-electron chi connectivity index (χ3n) is 3.50. The molecular weight excluding hydrogens is 336 g/mol. The van der Waals surface area contributed by atoms with Crippen molar-refractivity contribution in [2.75, 3.05) is 46.0 Å². The predicted molar refractivity (Wildman–Crippen MR) is 83.8 cm³/mol. The van der Waals surface area contributed by atoms with Gasteiger partial charge in [0.2, 0.25) is 0 Å². The van der Waals surface area contributed by atoms with E-state index in [9.17, 15) is 4.79 Å². The molecule has 116 valence electrons. The Morgan fingerprint density at radius 1 is 1.43 bits per heavy atom. The normalized spacial score (nSPS) is 15.7. The van der Waals surface area contributed by atoms with Gasteiger partial charge in [-0.25, -0.2) is 0 Å². The Labute approximate surface area is 133 Å². The maximum absolute atomic E-state index is 11.7. The number of quaternary nitrogens is 1. The monoisotopic (exact) mass is 357 g/mol. The van der Waals surface area contributed by atoms with Crippen LogP contribution in [-0.4, -0.2) is 51.9 Å². The van der Waals surface area contributed by atoms with Crippen molar-refractivity contribution in [1.29, 1.82) is 0 Å². The Morgan fingerprint density at radius 3 is 2.90 bits per heavy atom. The molecule has 6 heteroatoms. The van der Waals surface area contributed by atoms with Crippen molar-refractivity contribution < 1.29 is 19.2 Å². The topological polar surface area (TPSA) is 52.0 Å². The lowest BCUT2D eigenvalue weighted by Crippen LogP contribution is -3.14. The first kappa shape index (κ1) is 16.3. The van der Waals surface area contributed by atoms with E-state index >= 15 is 0 Å². The van der Waals surface area contributed by atoms with Gasteiger partial charge in [-0.1, -0.05) is 15.9 Å². The first-order chi connectivity index (χ1) is 10.1. The molecule has 0 radical (unpaired) electrons. The van der Waals surface area contributed by atoms with Crippen molar-refractivity contribution in [2.45, 2.75) is 6.92 Å². The molecule has 0 unspecified atom stereocenters. The SMILES string of the molecule is Cc1cc(OCC(=O)NCC[NH+]2CCOCC2)ccc1Br.